The summed E-state index contributed by atoms with van der Waals surface area (Å²) >= 11 is 1.42. The first-order valence-corrected chi connectivity index (χ1v) is 8.97. The number of benzene rings is 1. The molecular weight excluding hydrogens is 357 g/mol. The van der Waals surface area contributed by atoms with Gasteiger partial charge in [-0.3, -0.25) is 14.5 Å². The first-order chi connectivity index (χ1) is 12.3. The number of hydrogen-bond acceptors (Lipinski definition) is 4. The number of urea groups is 1. The van der Waals surface area contributed by atoms with Crippen molar-refractivity contribution in [3.63, 3.8) is 0 Å². The number of nitrogens with one attached hydrogen (secondary N) is 2. The standard InChI is InChI=1S/C18H18FN3O3S/c1-11(12-3-5-14(19)6-4-12)20-15(23)9-22-16(24)18(2,21-17(22)25)13-7-8-26-10-13/h3-8,10-11H,9H2,1-2H3,(H,20,23)(H,21,25)/t11-,18+/m0/s1. The second kappa shape index (κ2) is 6.87. The zero-order valence-electron chi connectivity index (χ0n) is 14.3. The Bertz CT molecular complexity index is 838. The Hall–Kier alpha value is -2.74. The molecule has 0 radical (unpaired) electrons. The minimum absolute atomic E-state index is 0.362. The zero-order valence-corrected chi connectivity index (χ0v) is 15.1. The lowest BCUT2D eigenvalue weighted by Gasteiger charge is -2.21. The maximum absolute atomic E-state index is 13.0. The highest BCUT2D eigenvalue weighted by molar-refractivity contribution is 7.08. The van der Waals surface area contributed by atoms with Crippen molar-refractivity contribution in [2.75, 3.05) is 6.54 Å². The number of carbonyl (C=O) groups is 3. The van der Waals surface area contributed by atoms with Gasteiger partial charge in [0.05, 0.1) is 6.04 Å². The lowest BCUT2D eigenvalue weighted by Crippen LogP contribution is -2.43. The third kappa shape index (κ3) is 3.32. The van der Waals surface area contributed by atoms with Gasteiger partial charge in [-0.2, -0.15) is 11.3 Å². The van der Waals surface area contributed by atoms with Crippen molar-refractivity contribution in [2.45, 2.75) is 25.4 Å². The molecule has 1 aromatic heterocycles. The van der Waals surface area contributed by atoms with E-state index in [0.717, 1.165) is 10.5 Å². The molecule has 0 saturated carbocycles. The molecule has 0 unspecified atom stereocenters. The smallest absolute Gasteiger partial charge is 0.325 e. The molecule has 4 amide bonds. The molecule has 8 heteroatoms. The average Bonchev–Trinajstić information content (AvgIpc) is 3.20. The summed E-state index contributed by atoms with van der Waals surface area (Å²) in [6.45, 7) is 2.98. The molecule has 1 aliphatic rings. The van der Waals surface area contributed by atoms with Crippen molar-refractivity contribution in [1.82, 2.24) is 15.5 Å². The monoisotopic (exact) mass is 375 g/mol. The Morgan fingerprint density at radius 1 is 1.31 bits per heavy atom. The third-order valence-corrected chi connectivity index (χ3v) is 5.11. The van der Waals surface area contributed by atoms with Gasteiger partial charge in [-0.1, -0.05) is 12.1 Å². The van der Waals surface area contributed by atoms with Crippen molar-refractivity contribution in [3.05, 3.63) is 58.0 Å². The van der Waals surface area contributed by atoms with Gasteiger partial charge in [-0.05, 0) is 53.9 Å². The van der Waals surface area contributed by atoms with Crippen LogP contribution in [0.5, 0.6) is 0 Å². The van der Waals surface area contributed by atoms with Crippen molar-refractivity contribution >= 4 is 29.2 Å². The fourth-order valence-electron chi connectivity index (χ4n) is 2.85. The van der Waals surface area contributed by atoms with Crippen LogP contribution < -0.4 is 10.6 Å². The van der Waals surface area contributed by atoms with Gasteiger partial charge < -0.3 is 10.6 Å². The lowest BCUT2D eigenvalue weighted by molar-refractivity contribution is -0.135. The van der Waals surface area contributed by atoms with E-state index in [1.165, 1.54) is 23.5 Å². The first kappa shape index (κ1) is 18.1. The predicted octanol–water partition coefficient (Wildman–Crippen LogP) is 2.53. The Kier molecular flexibility index (Phi) is 4.78. The predicted molar refractivity (Wildman–Crippen MR) is 94.9 cm³/mol. The molecule has 2 atom stereocenters. The summed E-state index contributed by atoms with van der Waals surface area (Å²) in [7, 11) is 0. The summed E-state index contributed by atoms with van der Waals surface area (Å²) in [4.78, 5) is 38.1. The van der Waals surface area contributed by atoms with Gasteiger partial charge in [-0.25, -0.2) is 9.18 Å². The Morgan fingerprint density at radius 2 is 2.00 bits per heavy atom. The number of thiophene rings is 1. The maximum atomic E-state index is 13.0. The van der Waals surface area contributed by atoms with E-state index in [1.807, 2.05) is 5.38 Å². The van der Waals surface area contributed by atoms with Crippen LogP contribution in [0.25, 0.3) is 0 Å². The third-order valence-electron chi connectivity index (χ3n) is 4.42. The number of carbonyl (C=O) groups excluding carboxylic acids is 3. The van der Waals surface area contributed by atoms with Crippen LogP contribution in [0.4, 0.5) is 9.18 Å². The Labute approximate surface area is 154 Å². The van der Waals surface area contributed by atoms with Gasteiger partial charge in [0, 0.05) is 0 Å². The average molecular weight is 375 g/mol. The number of rotatable bonds is 5. The van der Waals surface area contributed by atoms with Crippen LogP contribution in [0.15, 0.2) is 41.1 Å². The molecule has 1 aliphatic heterocycles. The second-order valence-electron chi connectivity index (χ2n) is 6.30. The van der Waals surface area contributed by atoms with E-state index >= 15 is 0 Å². The van der Waals surface area contributed by atoms with Gasteiger partial charge in [-0.15, -0.1) is 0 Å². The van der Waals surface area contributed by atoms with Crippen LogP contribution in [0.1, 0.15) is 31.0 Å². The quantitative estimate of drug-likeness (QED) is 0.789. The minimum Gasteiger partial charge on any atom is -0.348 e. The van der Waals surface area contributed by atoms with Crippen LogP contribution in [-0.4, -0.2) is 29.3 Å². The Morgan fingerprint density at radius 3 is 2.62 bits per heavy atom. The van der Waals surface area contributed by atoms with Gasteiger partial charge in [0.15, 0.2) is 0 Å². The van der Waals surface area contributed by atoms with Gasteiger partial charge >= 0.3 is 6.03 Å². The molecule has 1 aromatic carbocycles. The van der Waals surface area contributed by atoms with E-state index in [2.05, 4.69) is 10.6 Å². The van der Waals surface area contributed by atoms with E-state index in [0.29, 0.717) is 5.56 Å². The highest BCUT2D eigenvalue weighted by Crippen LogP contribution is 2.30. The van der Waals surface area contributed by atoms with Crippen molar-refractivity contribution in [1.29, 1.82) is 0 Å². The lowest BCUT2D eigenvalue weighted by atomic mass is 9.95. The first-order valence-electron chi connectivity index (χ1n) is 8.03. The van der Waals surface area contributed by atoms with Crippen molar-refractivity contribution < 1.29 is 18.8 Å². The number of imide groups is 1. The molecule has 3 rings (SSSR count). The van der Waals surface area contributed by atoms with Crippen molar-refractivity contribution in [3.8, 4) is 0 Å². The Balaban J connectivity index is 1.66. The molecule has 26 heavy (non-hydrogen) atoms. The molecule has 1 saturated heterocycles. The molecule has 0 spiro atoms. The van der Waals surface area contributed by atoms with Crippen LogP contribution >= 0.6 is 11.3 Å². The fraction of sp³-hybridized carbons (Fsp3) is 0.278. The highest BCUT2D eigenvalue weighted by atomic mass is 32.1. The van der Waals surface area contributed by atoms with Gasteiger partial charge in [0.2, 0.25) is 5.91 Å². The molecule has 6 nitrogen and oxygen atoms in total. The molecule has 2 heterocycles. The largest absolute Gasteiger partial charge is 0.348 e. The van der Waals surface area contributed by atoms with Gasteiger partial charge in [0.25, 0.3) is 5.91 Å². The fourth-order valence-corrected chi connectivity index (χ4v) is 3.62. The SMILES string of the molecule is C[C@H](NC(=O)CN1C(=O)N[C@](C)(c2ccsc2)C1=O)c1ccc(F)cc1. The van der Waals surface area contributed by atoms with Crippen LogP contribution in [0.2, 0.25) is 0 Å². The molecule has 2 aromatic rings. The van der Waals surface area contributed by atoms with Gasteiger partial charge in [0.1, 0.15) is 17.9 Å². The molecule has 0 aliphatic carbocycles. The highest BCUT2D eigenvalue weighted by Gasteiger charge is 2.49. The van der Waals surface area contributed by atoms with E-state index in [4.69, 9.17) is 0 Å². The summed E-state index contributed by atoms with van der Waals surface area (Å²) in [6.07, 6.45) is 0. The van der Waals surface area contributed by atoms with Crippen LogP contribution in [0.3, 0.4) is 0 Å². The molecule has 0 bridgehead atoms. The summed E-state index contributed by atoms with van der Waals surface area (Å²) < 4.78 is 13.0. The van der Waals surface area contributed by atoms with E-state index in [-0.39, 0.29) is 18.4 Å². The summed E-state index contributed by atoms with van der Waals surface area (Å²) in [5, 5.41) is 8.97. The topological polar surface area (TPSA) is 78.5 Å². The molecule has 136 valence electrons. The maximum Gasteiger partial charge on any atom is 0.325 e. The number of nitrogens with zero attached hydrogens (tertiary/aromatic N) is 1. The zero-order chi connectivity index (χ0) is 18.9. The molecule has 2 N–H and O–H groups in total. The minimum atomic E-state index is -1.17. The number of hydrogen-bond donors (Lipinski definition) is 2. The van der Waals surface area contributed by atoms with Crippen LogP contribution in [0, 0.1) is 5.82 Å². The van der Waals surface area contributed by atoms with E-state index in [9.17, 15) is 18.8 Å². The number of amides is 4. The second-order valence-corrected chi connectivity index (χ2v) is 7.08. The number of halogens is 1. The van der Waals surface area contributed by atoms with Crippen LogP contribution in [-0.2, 0) is 15.1 Å². The summed E-state index contributed by atoms with van der Waals surface area (Å²) in [6, 6.07) is 6.54. The summed E-state index contributed by atoms with van der Waals surface area (Å²) in [5.74, 6) is -1.30. The van der Waals surface area contributed by atoms with E-state index < -0.39 is 23.4 Å². The van der Waals surface area contributed by atoms with Crippen molar-refractivity contribution in [2.24, 2.45) is 0 Å². The normalized spacial score (nSPS) is 20.8. The van der Waals surface area contributed by atoms with E-state index in [1.54, 1.807) is 37.4 Å². The molecule has 1 fully saturated rings. The molecular formula is C18H18FN3O3S. The summed E-state index contributed by atoms with van der Waals surface area (Å²) in [5.41, 5.74) is 0.239.